The molecule has 0 radical (unpaired) electrons. The summed E-state index contributed by atoms with van der Waals surface area (Å²) >= 11 is 1.17. The van der Waals surface area contributed by atoms with Gasteiger partial charge in [-0.05, 0) is 56.2 Å². The molecule has 1 fully saturated rings. The third-order valence-electron chi connectivity index (χ3n) is 4.96. The van der Waals surface area contributed by atoms with Crippen molar-refractivity contribution in [2.24, 2.45) is 0 Å². The van der Waals surface area contributed by atoms with Crippen LogP contribution < -0.4 is 15.4 Å². The second kappa shape index (κ2) is 10.3. The van der Waals surface area contributed by atoms with Crippen LogP contribution in [0.3, 0.4) is 0 Å². The summed E-state index contributed by atoms with van der Waals surface area (Å²) < 4.78 is 11.2. The summed E-state index contributed by atoms with van der Waals surface area (Å²) in [6.45, 7) is 3.51. The first-order valence-electron chi connectivity index (χ1n) is 10.4. The van der Waals surface area contributed by atoms with Gasteiger partial charge in [0.25, 0.3) is 11.8 Å². The monoisotopic (exact) mass is 452 g/mol. The number of amides is 2. The predicted octanol–water partition coefficient (Wildman–Crippen LogP) is 3.59. The van der Waals surface area contributed by atoms with E-state index < -0.39 is 0 Å². The SMILES string of the molecule is Cc1ccc(OCc2nnc(C(=O)Nc3ccc(C(=O)NC[C@@H]4CCCO4)cc3)s2)cc1. The zero-order chi connectivity index (χ0) is 22.3. The Balaban J connectivity index is 1.27. The second-order valence-corrected chi connectivity index (χ2v) is 8.54. The van der Waals surface area contributed by atoms with E-state index >= 15 is 0 Å². The number of aryl methyl sites for hydroxylation is 1. The summed E-state index contributed by atoms with van der Waals surface area (Å²) in [5, 5.41) is 14.5. The van der Waals surface area contributed by atoms with Crippen molar-refractivity contribution < 1.29 is 19.1 Å². The van der Waals surface area contributed by atoms with E-state index in [0.29, 0.717) is 22.8 Å². The Kier molecular flexibility index (Phi) is 7.08. The number of hydrogen-bond acceptors (Lipinski definition) is 7. The zero-order valence-electron chi connectivity index (χ0n) is 17.7. The van der Waals surface area contributed by atoms with E-state index in [1.807, 2.05) is 31.2 Å². The van der Waals surface area contributed by atoms with Crippen LogP contribution in [0.15, 0.2) is 48.5 Å². The first kappa shape index (κ1) is 21.9. The average Bonchev–Trinajstić information content (AvgIpc) is 3.50. The van der Waals surface area contributed by atoms with Gasteiger partial charge >= 0.3 is 0 Å². The van der Waals surface area contributed by atoms with E-state index in [-0.39, 0.29) is 29.5 Å². The molecule has 1 saturated heterocycles. The Morgan fingerprint density at radius 1 is 1.09 bits per heavy atom. The Bertz CT molecular complexity index is 1060. The number of aromatic nitrogens is 2. The minimum Gasteiger partial charge on any atom is -0.486 e. The van der Waals surface area contributed by atoms with Crippen molar-refractivity contribution in [1.82, 2.24) is 15.5 Å². The molecule has 2 aromatic carbocycles. The van der Waals surface area contributed by atoms with Crippen molar-refractivity contribution in [3.05, 3.63) is 69.7 Å². The largest absolute Gasteiger partial charge is 0.486 e. The van der Waals surface area contributed by atoms with E-state index in [0.717, 1.165) is 30.8 Å². The standard InChI is InChI=1S/C23H24N4O4S/c1-15-4-10-18(11-5-15)31-14-20-26-27-23(32-20)22(29)25-17-8-6-16(7-9-17)21(28)24-13-19-3-2-12-30-19/h4-11,19H,2-3,12-14H2,1H3,(H,24,28)(H,25,29)/t19-/m0/s1. The summed E-state index contributed by atoms with van der Waals surface area (Å²) in [5.41, 5.74) is 2.24. The molecule has 9 heteroatoms. The molecule has 0 bridgehead atoms. The number of anilines is 1. The maximum Gasteiger partial charge on any atom is 0.286 e. The van der Waals surface area contributed by atoms with Crippen LogP contribution in [-0.2, 0) is 11.3 Å². The van der Waals surface area contributed by atoms with Crippen molar-refractivity contribution in [2.45, 2.75) is 32.5 Å². The second-order valence-electron chi connectivity index (χ2n) is 7.48. The van der Waals surface area contributed by atoms with Crippen molar-refractivity contribution >= 4 is 28.8 Å². The maximum atomic E-state index is 12.5. The number of nitrogens with one attached hydrogen (secondary N) is 2. The Morgan fingerprint density at radius 2 is 1.88 bits per heavy atom. The fourth-order valence-corrected chi connectivity index (χ4v) is 3.83. The number of nitrogens with zero attached hydrogens (tertiary/aromatic N) is 2. The summed E-state index contributed by atoms with van der Waals surface area (Å²) in [7, 11) is 0. The highest BCUT2D eigenvalue weighted by Crippen LogP contribution is 2.18. The van der Waals surface area contributed by atoms with Crippen LogP contribution in [0.2, 0.25) is 0 Å². The van der Waals surface area contributed by atoms with Gasteiger partial charge < -0.3 is 20.1 Å². The molecule has 0 saturated carbocycles. The highest BCUT2D eigenvalue weighted by atomic mass is 32.1. The van der Waals surface area contributed by atoms with Gasteiger partial charge in [0.1, 0.15) is 12.4 Å². The van der Waals surface area contributed by atoms with Gasteiger partial charge in [-0.2, -0.15) is 0 Å². The number of hydrogen-bond donors (Lipinski definition) is 2. The highest BCUT2D eigenvalue weighted by Gasteiger charge is 2.17. The van der Waals surface area contributed by atoms with Crippen LogP contribution in [0.25, 0.3) is 0 Å². The molecule has 1 aromatic heterocycles. The molecule has 2 amide bonds. The first-order valence-corrected chi connectivity index (χ1v) is 11.2. The van der Waals surface area contributed by atoms with Crippen LogP contribution in [0.4, 0.5) is 5.69 Å². The molecule has 2 heterocycles. The van der Waals surface area contributed by atoms with Gasteiger partial charge in [0.05, 0.1) is 6.10 Å². The summed E-state index contributed by atoms with van der Waals surface area (Å²) in [6.07, 6.45) is 2.10. The molecule has 1 atom stereocenters. The van der Waals surface area contributed by atoms with Crippen LogP contribution in [0.5, 0.6) is 5.75 Å². The Hall–Kier alpha value is -3.30. The van der Waals surface area contributed by atoms with Crippen molar-refractivity contribution in [3.63, 3.8) is 0 Å². The minimum absolute atomic E-state index is 0.0941. The quantitative estimate of drug-likeness (QED) is 0.542. The molecule has 166 valence electrons. The van der Waals surface area contributed by atoms with E-state index in [1.54, 1.807) is 24.3 Å². The third kappa shape index (κ3) is 5.89. The number of rotatable bonds is 8. The van der Waals surface area contributed by atoms with Gasteiger partial charge in [0, 0.05) is 24.4 Å². The Labute approximate surface area is 190 Å². The van der Waals surface area contributed by atoms with E-state index in [1.165, 1.54) is 11.3 Å². The van der Waals surface area contributed by atoms with Crippen LogP contribution in [-0.4, -0.2) is 41.3 Å². The van der Waals surface area contributed by atoms with Gasteiger partial charge in [-0.25, -0.2) is 0 Å². The van der Waals surface area contributed by atoms with Gasteiger partial charge in [0.15, 0.2) is 5.01 Å². The topological polar surface area (TPSA) is 102 Å². The van der Waals surface area contributed by atoms with Crippen LogP contribution >= 0.6 is 11.3 Å². The Morgan fingerprint density at radius 3 is 2.59 bits per heavy atom. The molecule has 4 rings (SSSR count). The molecule has 8 nitrogen and oxygen atoms in total. The smallest absolute Gasteiger partial charge is 0.286 e. The molecule has 0 unspecified atom stereocenters. The summed E-state index contributed by atoms with van der Waals surface area (Å²) in [6, 6.07) is 14.4. The summed E-state index contributed by atoms with van der Waals surface area (Å²) in [5.74, 6) is 0.206. The minimum atomic E-state index is -0.361. The van der Waals surface area contributed by atoms with Crippen LogP contribution in [0.1, 0.15) is 43.6 Å². The third-order valence-corrected chi connectivity index (χ3v) is 5.86. The lowest BCUT2D eigenvalue weighted by Gasteiger charge is -2.11. The van der Waals surface area contributed by atoms with Gasteiger partial charge in [0.2, 0.25) is 5.01 Å². The zero-order valence-corrected chi connectivity index (χ0v) is 18.5. The molecule has 32 heavy (non-hydrogen) atoms. The van der Waals surface area contributed by atoms with Crippen molar-refractivity contribution in [1.29, 1.82) is 0 Å². The molecule has 1 aliphatic rings. The lowest BCUT2D eigenvalue weighted by molar-refractivity contribution is 0.0857. The normalized spacial score (nSPS) is 15.3. The first-order chi connectivity index (χ1) is 15.6. The van der Waals surface area contributed by atoms with Gasteiger partial charge in [-0.15, -0.1) is 10.2 Å². The van der Waals surface area contributed by atoms with E-state index in [4.69, 9.17) is 9.47 Å². The molecular formula is C23H24N4O4S. The lowest BCUT2D eigenvalue weighted by atomic mass is 10.2. The summed E-state index contributed by atoms with van der Waals surface area (Å²) in [4.78, 5) is 24.7. The lowest BCUT2D eigenvalue weighted by Crippen LogP contribution is -2.31. The molecular weight excluding hydrogens is 428 g/mol. The van der Waals surface area contributed by atoms with E-state index in [2.05, 4.69) is 20.8 Å². The fourth-order valence-electron chi connectivity index (χ4n) is 3.19. The van der Waals surface area contributed by atoms with E-state index in [9.17, 15) is 9.59 Å². The number of carbonyl (C=O) groups is 2. The number of benzene rings is 2. The fraction of sp³-hybridized carbons (Fsp3) is 0.304. The molecule has 0 spiro atoms. The average molecular weight is 453 g/mol. The molecule has 1 aliphatic heterocycles. The molecule has 0 aliphatic carbocycles. The highest BCUT2D eigenvalue weighted by molar-refractivity contribution is 7.13. The molecule has 2 N–H and O–H groups in total. The predicted molar refractivity (Wildman–Crippen MR) is 121 cm³/mol. The van der Waals surface area contributed by atoms with Gasteiger partial charge in [-0.3, -0.25) is 9.59 Å². The van der Waals surface area contributed by atoms with Crippen molar-refractivity contribution in [3.8, 4) is 5.75 Å². The maximum absolute atomic E-state index is 12.5. The molecule has 3 aromatic rings. The van der Waals surface area contributed by atoms with Crippen molar-refractivity contribution in [2.75, 3.05) is 18.5 Å². The number of ether oxygens (including phenoxy) is 2. The number of carbonyl (C=O) groups excluding carboxylic acids is 2. The van der Waals surface area contributed by atoms with Crippen LogP contribution in [0, 0.1) is 6.92 Å². The van der Waals surface area contributed by atoms with Gasteiger partial charge in [-0.1, -0.05) is 29.0 Å².